The van der Waals surface area contributed by atoms with Gasteiger partial charge < -0.3 is 10.2 Å². The molecule has 1 aromatic carbocycles. The lowest BCUT2D eigenvalue weighted by molar-refractivity contribution is -0.114. The first-order valence-corrected chi connectivity index (χ1v) is 9.83. The lowest BCUT2D eigenvalue weighted by Crippen LogP contribution is -2.27. The number of nitrogens with zero attached hydrogens (tertiary/aromatic N) is 1. The zero-order valence-electron chi connectivity index (χ0n) is 14.9. The highest BCUT2D eigenvalue weighted by molar-refractivity contribution is 7.16. The maximum atomic E-state index is 11.5. The Bertz CT molecular complexity index is 839. The minimum absolute atomic E-state index is 0.00491. The number of amides is 1. The Morgan fingerprint density at radius 2 is 1.84 bits per heavy atom. The molecule has 0 bridgehead atoms. The SMILES string of the molecule is CC(=O)Nc1cc2c(s1)CCc1ccccc1C2=C1CCN(C)CC1. The van der Waals surface area contributed by atoms with Gasteiger partial charge in [-0.1, -0.05) is 29.8 Å². The molecule has 1 amide bonds. The number of hydrogen-bond acceptors (Lipinski definition) is 3. The van der Waals surface area contributed by atoms with Crippen LogP contribution in [-0.2, 0) is 17.6 Å². The third-order valence-electron chi connectivity index (χ3n) is 5.23. The number of hydrogen-bond donors (Lipinski definition) is 1. The van der Waals surface area contributed by atoms with Crippen molar-refractivity contribution < 1.29 is 4.79 Å². The maximum Gasteiger partial charge on any atom is 0.221 e. The summed E-state index contributed by atoms with van der Waals surface area (Å²) < 4.78 is 0. The van der Waals surface area contributed by atoms with E-state index in [4.69, 9.17) is 0 Å². The number of nitrogens with one attached hydrogen (secondary N) is 1. The number of anilines is 1. The first kappa shape index (κ1) is 16.6. The summed E-state index contributed by atoms with van der Waals surface area (Å²) in [5.74, 6) is 0.00491. The van der Waals surface area contributed by atoms with E-state index < -0.39 is 0 Å². The molecule has 1 aliphatic carbocycles. The molecule has 4 rings (SSSR count). The average Bonchev–Trinajstić information content (AvgIpc) is 2.90. The number of benzene rings is 1. The fourth-order valence-corrected chi connectivity index (χ4v) is 5.07. The number of fused-ring (bicyclic) bond motifs is 2. The summed E-state index contributed by atoms with van der Waals surface area (Å²) in [5, 5.41) is 3.96. The Kier molecular flexibility index (Phi) is 4.48. The highest BCUT2D eigenvalue weighted by atomic mass is 32.1. The lowest BCUT2D eigenvalue weighted by Gasteiger charge is -2.27. The van der Waals surface area contributed by atoms with Gasteiger partial charge in [-0.3, -0.25) is 4.79 Å². The summed E-state index contributed by atoms with van der Waals surface area (Å²) in [6.45, 7) is 3.83. The van der Waals surface area contributed by atoms with Crippen LogP contribution in [0.1, 0.15) is 41.3 Å². The molecule has 2 heterocycles. The Morgan fingerprint density at radius 3 is 2.60 bits per heavy atom. The summed E-state index contributed by atoms with van der Waals surface area (Å²) in [5.41, 5.74) is 7.20. The summed E-state index contributed by atoms with van der Waals surface area (Å²) in [4.78, 5) is 15.3. The van der Waals surface area contributed by atoms with E-state index in [-0.39, 0.29) is 5.91 Å². The van der Waals surface area contributed by atoms with E-state index in [0.29, 0.717) is 0 Å². The van der Waals surface area contributed by atoms with Crippen molar-refractivity contribution in [1.29, 1.82) is 0 Å². The Labute approximate surface area is 153 Å². The molecule has 3 nitrogen and oxygen atoms in total. The van der Waals surface area contributed by atoms with E-state index in [1.165, 1.54) is 27.1 Å². The van der Waals surface area contributed by atoms with E-state index in [1.54, 1.807) is 23.8 Å². The second-order valence-electron chi connectivity index (χ2n) is 7.07. The molecule has 0 atom stereocenters. The molecular formula is C21H24N2OS. The molecule has 0 spiro atoms. The van der Waals surface area contributed by atoms with Crippen molar-refractivity contribution in [3.63, 3.8) is 0 Å². The quantitative estimate of drug-likeness (QED) is 0.828. The number of likely N-dealkylation sites (tertiary alicyclic amines) is 1. The second-order valence-corrected chi connectivity index (χ2v) is 8.20. The van der Waals surface area contributed by atoms with Crippen molar-refractivity contribution in [3.05, 3.63) is 57.5 Å². The van der Waals surface area contributed by atoms with Crippen molar-refractivity contribution in [3.8, 4) is 0 Å². The van der Waals surface area contributed by atoms with Gasteiger partial charge in [0.05, 0.1) is 5.00 Å². The van der Waals surface area contributed by atoms with Gasteiger partial charge in [0.15, 0.2) is 0 Å². The molecule has 1 aromatic heterocycles. The first-order valence-electron chi connectivity index (χ1n) is 9.01. The zero-order valence-corrected chi connectivity index (χ0v) is 15.7. The van der Waals surface area contributed by atoms with Crippen molar-refractivity contribution in [2.75, 3.05) is 25.5 Å². The Balaban J connectivity index is 1.87. The molecule has 0 radical (unpaired) electrons. The molecule has 1 saturated heterocycles. The second kappa shape index (κ2) is 6.77. The Hall–Kier alpha value is -1.91. The molecule has 0 saturated carbocycles. The number of piperidine rings is 1. The van der Waals surface area contributed by atoms with Crippen LogP contribution in [0.3, 0.4) is 0 Å². The van der Waals surface area contributed by atoms with Crippen LogP contribution in [0.4, 0.5) is 5.00 Å². The summed E-state index contributed by atoms with van der Waals surface area (Å²) >= 11 is 1.74. The van der Waals surface area contributed by atoms with E-state index in [9.17, 15) is 4.79 Å². The summed E-state index contributed by atoms with van der Waals surface area (Å²) in [6.07, 6.45) is 4.38. The van der Waals surface area contributed by atoms with Gasteiger partial charge in [0.1, 0.15) is 0 Å². The van der Waals surface area contributed by atoms with Crippen LogP contribution in [-0.4, -0.2) is 30.9 Å². The smallest absolute Gasteiger partial charge is 0.221 e. The van der Waals surface area contributed by atoms with Gasteiger partial charge in [-0.05, 0) is 61.1 Å². The standard InChI is InChI=1S/C21H24N2OS/c1-14(24)22-20-13-18-19(25-20)8-7-15-5-3-4-6-17(15)21(18)16-9-11-23(2)12-10-16/h3-6,13H,7-12H2,1-2H3,(H,22,24). The van der Waals surface area contributed by atoms with Crippen molar-refractivity contribution in [2.45, 2.75) is 32.6 Å². The van der Waals surface area contributed by atoms with Crippen LogP contribution in [0.25, 0.3) is 5.57 Å². The largest absolute Gasteiger partial charge is 0.318 e. The maximum absolute atomic E-state index is 11.5. The molecule has 1 N–H and O–H groups in total. The fraction of sp³-hybridized carbons (Fsp3) is 0.381. The normalized spacial score (nSPS) is 17.7. The molecule has 130 valence electrons. The third-order valence-corrected chi connectivity index (χ3v) is 6.34. The van der Waals surface area contributed by atoms with Crippen LogP contribution in [0, 0.1) is 0 Å². The molecule has 1 aliphatic heterocycles. The average molecular weight is 353 g/mol. The first-order chi connectivity index (χ1) is 12.1. The molecule has 4 heteroatoms. The van der Waals surface area contributed by atoms with Gasteiger partial charge in [0.2, 0.25) is 5.91 Å². The molecule has 2 aromatic rings. The van der Waals surface area contributed by atoms with E-state index in [2.05, 4.69) is 47.6 Å². The van der Waals surface area contributed by atoms with Gasteiger partial charge in [-0.2, -0.15) is 0 Å². The van der Waals surface area contributed by atoms with Crippen LogP contribution in [0.15, 0.2) is 35.9 Å². The predicted molar refractivity (Wildman–Crippen MR) is 105 cm³/mol. The third kappa shape index (κ3) is 3.29. The topological polar surface area (TPSA) is 32.3 Å². The highest BCUT2D eigenvalue weighted by Crippen LogP contribution is 2.43. The lowest BCUT2D eigenvalue weighted by atomic mass is 9.88. The van der Waals surface area contributed by atoms with Gasteiger partial charge in [-0.15, -0.1) is 11.3 Å². The number of rotatable bonds is 1. The van der Waals surface area contributed by atoms with Crippen molar-refractivity contribution >= 4 is 27.8 Å². The minimum Gasteiger partial charge on any atom is -0.318 e. The van der Waals surface area contributed by atoms with Gasteiger partial charge >= 0.3 is 0 Å². The summed E-state index contributed by atoms with van der Waals surface area (Å²) in [7, 11) is 2.20. The molecule has 2 aliphatic rings. The predicted octanol–water partition coefficient (Wildman–Crippen LogP) is 4.33. The van der Waals surface area contributed by atoms with Gasteiger partial charge in [0.25, 0.3) is 0 Å². The fourth-order valence-electron chi connectivity index (χ4n) is 3.96. The van der Waals surface area contributed by atoms with Gasteiger partial charge in [0, 0.05) is 24.9 Å². The molecule has 25 heavy (non-hydrogen) atoms. The van der Waals surface area contributed by atoms with E-state index in [1.807, 2.05) is 0 Å². The van der Waals surface area contributed by atoms with Crippen LogP contribution in [0.2, 0.25) is 0 Å². The van der Waals surface area contributed by atoms with E-state index >= 15 is 0 Å². The number of carbonyl (C=O) groups excluding carboxylic acids is 1. The van der Waals surface area contributed by atoms with Crippen molar-refractivity contribution in [2.24, 2.45) is 0 Å². The highest BCUT2D eigenvalue weighted by Gasteiger charge is 2.25. The van der Waals surface area contributed by atoms with Crippen molar-refractivity contribution in [1.82, 2.24) is 4.90 Å². The van der Waals surface area contributed by atoms with E-state index in [0.717, 1.165) is 43.8 Å². The van der Waals surface area contributed by atoms with Gasteiger partial charge in [-0.25, -0.2) is 0 Å². The number of thiophene rings is 1. The van der Waals surface area contributed by atoms with Crippen LogP contribution < -0.4 is 5.32 Å². The zero-order chi connectivity index (χ0) is 17.4. The monoisotopic (exact) mass is 352 g/mol. The Morgan fingerprint density at radius 1 is 1.08 bits per heavy atom. The molecular weight excluding hydrogens is 328 g/mol. The number of carbonyl (C=O) groups is 1. The van der Waals surface area contributed by atoms with Crippen LogP contribution in [0.5, 0.6) is 0 Å². The van der Waals surface area contributed by atoms with Crippen LogP contribution >= 0.6 is 11.3 Å². The molecule has 0 unspecified atom stereocenters. The minimum atomic E-state index is 0.00491. The number of aryl methyl sites for hydroxylation is 2. The summed E-state index contributed by atoms with van der Waals surface area (Å²) in [6, 6.07) is 11.1. The molecule has 1 fully saturated rings.